The molecule has 0 bridgehead atoms. The maximum Gasteiger partial charge on any atom is 0.164 e. The van der Waals surface area contributed by atoms with Gasteiger partial charge in [0.2, 0.25) is 0 Å². The molecule has 4 rings (SSSR count). The van der Waals surface area contributed by atoms with E-state index in [4.69, 9.17) is 14.7 Å². The van der Waals surface area contributed by atoms with Crippen molar-refractivity contribution in [1.82, 2.24) is 14.5 Å². The number of carbonyl (C=O) groups is 1. The number of rotatable bonds is 3. The monoisotopic (exact) mass is 402 g/mol. The van der Waals surface area contributed by atoms with Gasteiger partial charge in [0.1, 0.15) is 11.6 Å². The van der Waals surface area contributed by atoms with Crippen LogP contribution in [0.25, 0.3) is 11.0 Å². The summed E-state index contributed by atoms with van der Waals surface area (Å²) in [6.45, 7) is 2.90. The van der Waals surface area contributed by atoms with E-state index in [9.17, 15) is 4.79 Å². The van der Waals surface area contributed by atoms with Crippen LogP contribution in [-0.2, 0) is 23.0 Å². The molecule has 6 nitrogen and oxygen atoms in total. The zero-order valence-corrected chi connectivity index (χ0v) is 15.6. The van der Waals surface area contributed by atoms with Crippen LogP contribution < -0.4 is 0 Å². The van der Waals surface area contributed by atoms with Crippen molar-refractivity contribution in [3.05, 3.63) is 40.4 Å². The molecule has 2 aromatic rings. The van der Waals surface area contributed by atoms with E-state index in [1.807, 2.05) is 25.2 Å². The number of morpholine rings is 1. The molecule has 130 valence electrons. The molecule has 2 aliphatic heterocycles. The molecule has 1 aromatic heterocycles. The number of allylic oxidation sites excluding steroid dienone is 1. The summed E-state index contributed by atoms with van der Waals surface area (Å²) in [5, 5.41) is 0. The lowest BCUT2D eigenvalue weighted by atomic mass is 10.1. The van der Waals surface area contributed by atoms with Crippen LogP contribution in [0.3, 0.4) is 0 Å². The first-order valence-electron chi connectivity index (χ1n) is 8.35. The van der Waals surface area contributed by atoms with Gasteiger partial charge in [-0.2, -0.15) is 0 Å². The highest BCUT2D eigenvalue weighted by Gasteiger charge is 2.21. The van der Waals surface area contributed by atoms with E-state index in [1.165, 1.54) is 0 Å². The largest absolute Gasteiger partial charge is 0.378 e. The third kappa shape index (κ3) is 3.26. The molecule has 0 spiro atoms. The zero-order chi connectivity index (χ0) is 17.4. The quantitative estimate of drug-likeness (QED) is 0.790. The van der Waals surface area contributed by atoms with E-state index in [0.29, 0.717) is 26.1 Å². The SMILES string of the molecule is Cn1c(CC2=NC(N3CCOCC3)=CC(=O)C2)nc2cccc(Br)c21. The predicted molar refractivity (Wildman–Crippen MR) is 99.7 cm³/mol. The van der Waals surface area contributed by atoms with Crippen LogP contribution in [0.2, 0.25) is 0 Å². The summed E-state index contributed by atoms with van der Waals surface area (Å²) in [6.07, 6.45) is 2.59. The lowest BCUT2D eigenvalue weighted by molar-refractivity contribution is -0.113. The number of aliphatic imine (C=N–C) groups is 1. The van der Waals surface area contributed by atoms with Crippen molar-refractivity contribution >= 4 is 38.5 Å². The smallest absolute Gasteiger partial charge is 0.164 e. The first-order valence-corrected chi connectivity index (χ1v) is 9.14. The normalized spacial score (nSPS) is 18.5. The first kappa shape index (κ1) is 16.5. The Bertz CT molecular complexity index is 894. The summed E-state index contributed by atoms with van der Waals surface area (Å²) in [4.78, 5) is 23.8. The molecule has 0 unspecified atom stereocenters. The number of fused-ring (bicyclic) bond motifs is 1. The van der Waals surface area contributed by atoms with Crippen molar-refractivity contribution < 1.29 is 9.53 Å². The van der Waals surface area contributed by atoms with Gasteiger partial charge in [-0.1, -0.05) is 6.07 Å². The van der Waals surface area contributed by atoms with E-state index in [1.54, 1.807) is 6.08 Å². The number of halogens is 1. The standard InChI is InChI=1S/C18H19BrN4O2/c1-22-16(21-15-4-2-3-14(19)18(15)22)10-12-9-13(24)11-17(20-12)23-5-7-25-8-6-23/h2-4,11H,5-10H2,1H3. The molecule has 1 fully saturated rings. The maximum absolute atomic E-state index is 12.2. The predicted octanol–water partition coefficient (Wildman–Crippen LogP) is 2.47. The summed E-state index contributed by atoms with van der Waals surface area (Å²) in [7, 11) is 2.00. The van der Waals surface area contributed by atoms with Crippen molar-refractivity contribution in [2.24, 2.45) is 12.0 Å². The maximum atomic E-state index is 12.2. The minimum atomic E-state index is 0.103. The second-order valence-corrected chi connectivity index (χ2v) is 7.15. The number of hydrogen-bond donors (Lipinski definition) is 0. The van der Waals surface area contributed by atoms with Crippen molar-refractivity contribution in [2.75, 3.05) is 26.3 Å². The minimum absolute atomic E-state index is 0.103. The highest BCUT2D eigenvalue weighted by molar-refractivity contribution is 9.10. The average molecular weight is 403 g/mol. The highest BCUT2D eigenvalue weighted by atomic mass is 79.9. The first-order chi connectivity index (χ1) is 12.1. The number of aryl methyl sites for hydroxylation is 1. The molecular weight excluding hydrogens is 384 g/mol. The van der Waals surface area contributed by atoms with Gasteiger partial charge >= 0.3 is 0 Å². The van der Waals surface area contributed by atoms with Crippen molar-refractivity contribution in [3.63, 3.8) is 0 Å². The Labute approximate surface area is 154 Å². The molecule has 0 aliphatic carbocycles. The number of nitrogens with zero attached hydrogens (tertiary/aromatic N) is 4. The topological polar surface area (TPSA) is 59.7 Å². The summed E-state index contributed by atoms with van der Waals surface area (Å²) < 4.78 is 8.46. The van der Waals surface area contributed by atoms with Gasteiger partial charge in [-0.3, -0.25) is 4.79 Å². The lowest BCUT2D eigenvalue weighted by Gasteiger charge is -2.30. The average Bonchev–Trinajstić information content (AvgIpc) is 2.92. The molecule has 0 saturated carbocycles. The Kier molecular flexibility index (Phi) is 4.43. The van der Waals surface area contributed by atoms with Gasteiger partial charge in [-0.05, 0) is 28.1 Å². The summed E-state index contributed by atoms with van der Waals surface area (Å²) in [5.74, 6) is 1.78. The molecule has 7 heteroatoms. The van der Waals surface area contributed by atoms with Gasteiger partial charge in [0.25, 0.3) is 0 Å². The number of ether oxygens (including phenoxy) is 1. The van der Waals surface area contributed by atoms with Gasteiger partial charge in [0.15, 0.2) is 5.78 Å². The molecule has 1 saturated heterocycles. The van der Waals surface area contributed by atoms with Gasteiger partial charge < -0.3 is 14.2 Å². The Hall–Kier alpha value is -1.99. The fourth-order valence-corrected chi connectivity index (χ4v) is 3.92. The van der Waals surface area contributed by atoms with Gasteiger partial charge in [-0.25, -0.2) is 9.98 Å². The second-order valence-electron chi connectivity index (χ2n) is 6.29. The fourth-order valence-electron chi connectivity index (χ4n) is 3.30. The van der Waals surface area contributed by atoms with Crippen LogP contribution in [0.15, 0.2) is 39.6 Å². The molecule has 2 aliphatic rings. The molecule has 0 atom stereocenters. The van der Waals surface area contributed by atoms with E-state index in [0.717, 1.165) is 46.0 Å². The molecular formula is C18H19BrN4O2. The lowest BCUT2D eigenvalue weighted by Crippen LogP contribution is -2.36. The molecule has 0 amide bonds. The Morgan fingerprint density at radius 1 is 1.28 bits per heavy atom. The Balaban J connectivity index is 1.63. The number of carbonyl (C=O) groups excluding carboxylic acids is 1. The third-order valence-electron chi connectivity index (χ3n) is 4.58. The van der Waals surface area contributed by atoms with Gasteiger partial charge in [-0.15, -0.1) is 0 Å². The second kappa shape index (κ2) is 6.72. The zero-order valence-electron chi connectivity index (χ0n) is 14.0. The van der Waals surface area contributed by atoms with Crippen molar-refractivity contribution in [2.45, 2.75) is 12.8 Å². The van der Waals surface area contributed by atoms with Crippen molar-refractivity contribution in [3.8, 4) is 0 Å². The number of aromatic nitrogens is 2. The van der Waals surface area contributed by atoms with Gasteiger partial charge in [0.05, 0.1) is 24.2 Å². The molecule has 3 heterocycles. The fraction of sp³-hybridized carbons (Fsp3) is 0.389. The van der Waals surface area contributed by atoms with E-state index < -0.39 is 0 Å². The minimum Gasteiger partial charge on any atom is -0.378 e. The third-order valence-corrected chi connectivity index (χ3v) is 5.22. The van der Waals surface area contributed by atoms with Gasteiger partial charge in [0, 0.05) is 49.2 Å². The van der Waals surface area contributed by atoms with E-state index in [2.05, 4.69) is 25.4 Å². The van der Waals surface area contributed by atoms with E-state index >= 15 is 0 Å². The van der Waals surface area contributed by atoms with Crippen LogP contribution in [-0.4, -0.2) is 52.2 Å². The van der Waals surface area contributed by atoms with E-state index in [-0.39, 0.29) is 5.78 Å². The van der Waals surface area contributed by atoms with Crippen LogP contribution in [0.1, 0.15) is 12.2 Å². The van der Waals surface area contributed by atoms with Crippen LogP contribution >= 0.6 is 15.9 Å². The number of ketones is 1. The Morgan fingerprint density at radius 3 is 2.84 bits per heavy atom. The van der Waals surface area contributed by atoms with Crippen LogP contribution in [0.4, 0.5) is 0 Å². The summed E-state index contributed by atoms with van der Waals surface area (Å²) >= 11 is 3.58. The molecule has 0 radical (unpaired) electrons. The summed E-state index contributed by atoms with van der Waals surface area (Å²) in [5.41, 5.74) is 2.87. The number of benzene rings is 1. The number of para-hydroxylation sites is 1. The molecule has 25 heavy (non-hydrogen) atoms. The van der Waals surface area contributed by atoms with Crippen LogP contribution in [0.5, 0.6) is 0 Å². The summed E-state index contributed by atoms with van der Waals surface area (Å²) in [6, 6.07) is 5.98. The molecule has 0 N–H and O–H groups in total. The highest BCUT2D eigenvalue weighted by Crippen LogP contribution is 2.25. The van der Waals surface area contributed by atoms with Crippen LogP contribution in [0, 0.1) is 0 Å². The number of hydrogen-bond acceptors (Lipinski definition) is 5. The molecule has 1 aromatic carbocycles. The van der Waals surface area contributed by atoms with Crippen molar-refractivity contribution in [1.29, 1.82) is 0 Å². The Morgan fingerprint density at radius 2 is 2.08 bits per heavy atom. The number of imidazole rings is 1.